The van der Waals surface area contributed by atoms with Gasteiger partial charge in [-0.25, -0.2) is 9.37 Å². The molecular weight excluding hydrogens is 445 g/mol. The van der Waals surface area contributed by atoms with Gasteiger partial charge in [-0.15, -0.1) is 0 Å². The average molecular weight is 474 g/mol. The first-order chi connectivity index (χ1) is 17.1. The van der Waals surface area contributed by atoms with E-state index < -0.39 is 0 Å². The first-order valence-electron chi connectivity index (χ1n) is 11.9. The molecule has 6 nitrogen and oxygen atoms in total. The summed E-state index contributed by atoms with van der Waals surface area (Å²) in [5, 5.41) is 0. The third kappa shape index (κ3) is 4.85. The summed E-state index contributed by atoms with van der Waals surface area (Å²) in [6.07, 6.45) is 2.16. The van der Waals surface area contributed by atoms with Crippen molar-refractivity contribution in [2.75, 3.05) is 25.2 Å². The molecule has 7 heteroatoms. The molecule has 4 aromatic rings. The number of aromatic nitrogens is 2. The van der Waals surface area contributed by atoms with Crippen molar-refractivity contribution in [1.82, 2.24) is 9.55 Å². The molecule has 3 aromatic carbocycles. The molecule has 1 saturated heterocycles. The van der Waals surface area contributed by atoms with E-state index in [2.05, 4.69) is 10.6 Å². The number of carbonyl (C=O) groups excluding carboxylic acids is 1. The SMILES string of the molecule is COc1ccccc1OCCCCn1c([C@@H]2CC(=O)N(c3ccc(F)cc3)C2)nc2ccccc21. The molecule has 0 aliphatic carbocycles. The summed E-state index contributed by atoms with van der Waals surface area (Å²) in [4.78, 5) is 19.5. The smallest absolute Gasteiger partial charge is 0.227 e. The van der Waals surface area contributed by atoms with E-state index in [-0.39, 0.29) is 17.6 Å². The minimum absolute atomic E-state index is 0.0233. The number of imidazole rings is 1. The Morgan fingerprint density at radius 1 is 0.971 bits per heavy atom. The number of anilines is 1. The van der Waals surface area contributed by atoms with Crippen LogP contribution in [0.4, 0.5) is 10.1 Å². The lowest BCUT2D eigenvalue weighted by atomic mass is 10.1. The monoisotopic (exact) mass is 473 g/mol. The number of amides is 1. The molecule has 2 heterocycles. The van der Waals surface area contributed by atoms with E-state index in [9.17, 15) is 9.18 Å². The standard InChI is InChI=1S/C28H28FN3O3/c1-34-25-10-4-5-11-26(25)35-17-7-6-16-31-24-9-3-2-8-23(24)30-28(31)20-18-27(33)32(19-20)22-14-12-21(29)13-15-22/h2-5,8-15,20H,6-7,16-19H2,1H3/t20-/m1/s1. The highest BCUT2D eigenvalue weighted by Gasteiger charge is 2.34. The molecule has 1 aliphatic heterocycles. The number of carbonyl (C=O) groups is 1. The molecule has 0 bridgehead atoms. The summed E-state index contributed by atoms with van der Waals surface area (Å²) in [6, 6.07) is 21.8. The molecule has 5 rings (SSSR count). The number of hydrogen-bond acceptors (Lipinski definition) is 4. The Morgan fingerprint density at radius 3 is 2.51 bits per heavy atom. The number of aryl methyl sites for hydroxylation is 1. The van der Waals surface area contributed by atoms with Crippen molar-refractivity contribution in [2.24, 2.45) is 0 Å². The van der Waals surface area contributed by atoms with Crippen LogP contribution in [0.25, 0.3) is 11.0 Å². The number of benzene rings is 3. The lowest BCUT2D eigenvalue weighted by Crippen LogP contribution is -2.24. The molecule has 1 aliphatic rings. The Balaban J connectivity index is 1.29. The molecular formula is C28H28FN3O3. The van der Waals surface area contributed by atoms with Crippen LogP contribution in [0.5, 0.6) is 11.5 Å². The van der Waals surface area contributed by atoms with Crippen LogP contribution in [0.1, 0.15) is 31.0 Å². The van der Waals surface area contributed by atoms with E-state index in [0.29, 0.717) is 19.6 Å². The van der Waals surface area contributed by atoms with Gasteiger partial charge in [-0.2, -0.15) is 0 Å². The maximum atomic E-state index is 13.4. The van der Waals surface area contributed by atoms with Gasteiger partial charge in [-0.3, -0.25) is 4.79 Å². The minimum atomic E-state index is -0.312. The lowest BCUT2D eigenvalue weighted by molar-refractivity contribution is -0.117. The number of halogens is 1. The molecule has 35 heavy (non-hydrogen) atoms. The quantitative estimate of drug-likeness (QED) is 0.299. The van der Waals surface area contributed by atoms with Gasteiger partial charge in [0.05, 0.1) is 24.8 Å². The summed E-state index contributed by atoms with van der Waals surface area (Å²) in [7, 11) is 1.64. The average Bonchev–Trinajstić information content (AvgIpc) is 3.45. The predicted octanol–water partition coefficient (Wildman–Crippen LogP) is 5.56. The third-order valence-corrected chi connectivity index (χ3v) is 6.42. The van der Waals surface area contributed by atoms with Crippen molar-refractivity contribution in [3.63, 3.8) is 0 Å². The van der Waals surface area contributed by atoms with Crippen molar-refractivity contribution in [2.45, 2.75) is 31.7 Å². The van der Waals surface area contributed by atoms with E-state index in [4.69, 9.17) is 14.5 Å². The number of para-hydroxylation sites is 4. The summed E-state index contributed by atoms with van der Waals surface area (Å²) >= 11 is 0. The van der Waals surface area contributed by atoms with E-state index in [1.165, 1.54) is 12.1 Å². The zero-order valence-corrected chi connectivity index (χ0v) is 19.7. The van der Waals surface area contributed by atoms with E-state index in [0.717, 1.165) is 53.4 Å². The van der Waals surface area contributed by atoms with Crippen molar-refractivity contribution >= 4 is 22.6 Å². The lowest BCUT2D eigenvalue weighted by Gasteiger charge is -2.17. The number of methoxy groups -OCH3 is 1. The molecule has 0 saturated carbocycles. The maximum Gasteiger partial charge on any atom is 0.227 e. The predicted molar refractivity (Wildman–Crippen MR) is 134 cm³/mol. The zero-order valence-electron chi connectivity index (χ0n) is 19.7. The molecule has 180 valence electrons. The molecule has 1 atom stereocenters. The van der Waals surface area contributed by atoms with Crippen molar-refractivity contribution in [3.8, 4) is 11.5 Å². The molecule has 0 radical (unpaired) electrons. The summed E-state index contributed by atoms with van der Waals surface area (Å²) in [6.45, 7) is 1.90. The molecule has 0 unspecified atom stereocenters. The first-order valence-corrected chi connectivity index (χ1v) is 11.9. The molecule has 0 spiro atoms. The second-order valence-electron chi connectivity index (χ2n) is 8.70. The highest BCUT2D eigenvalue weighted by atomic mass is 19.1. The van der Waals surface area contributed by atoms with Crippen molar-refractivity contribution in [1.29, 1.82) is 0 Å². The van der Waals surface area contributed by atoms with Gasteiger partial charge in [-0.1, -0.05) is 24.3 Å². The Kier molecular flexibility index (Phi) is 6.66. The van der Waals surface area contributed by atoms with Crippen LogP contribution in [0, 0.1) is 5.82 Å². The van der Waals surface area contributed by atoms with Gasteiger partial charge in [0.1, 0.15) is 11.6 Å². The van der Waals surface area contributed by atoms with Crippen LogP contribution >= 0.6 is 0 Å². The second-order valence-corrected chi connectivity index (χ2v) is 8.70. The normalized spacial score (nSPS) is 15.7. The fourth-order valence-electron chi connectivity index (χ4n) is 4.68. The zero-order chi connectivity index (χ0) is 24.2. The molecule has 1 fully saturated rings. The number of nitrogens with zero attached hydrogens (tertiary/aromatic N) is 3. The number of fused-ring (bicyclic) bond motifs is 1. The maximum absolute atomic E-state index is 13.4. The summed E-state index contributed by atoms with van der Waals surface area (Å²) in [5.41, 5.74) is 2.72. The van der Waals surface area contributed by atoms with Crippen LogP contribution in [0.15, 0.2) is 72.8 Å². The van der Waals surface area contributed by atoms with E-state index in [1.54, 1.807) is 24.1 Å². The van der Waals surface area contributed by atoms with Crippen LogP contribution in [0.2, 0.25) is 0 Å². The molecule has 0 N–H and O–H groups in total. The Hall–Kier alpha value is -3.87. The Labute approximate surface area is 203 Å². The highest BCUT2D eigenvalue weighted by molar-refractivity contribution is 5.96. The number of unbranched alkanes of at least 4 members (excludes halogenated alkanes) is 1. The third-order valence-electron chi connectivity index (χ3n) is 6.42. The van der Waals surface area contributed by atoms with E-state index in [1.807, 2.05) is 42.5 Å². The molecule has 1 aromatic heterocycles. The summed E-state index contributed by atoms with van der Waals surface area (Å²) in [5.74, 6) is 2.10. The highest BCUT2D eigenvalue weighted by Crippen LogP contribution is 2.33. The fraction of sp³-hybridized carbons (Fsp3) is 0.286. The minimum Gasteiger partial charge on any atom is -0.493 e. The Morgan fingerprint density at radius 2 is 1.71 bits per heavy atom. The second kappa shape index (κ2) is 10.2. The van der Waals surface area contributed by atoms with Crippen LogP contribution in [-0.4, -0.2) is 35.7 Å². The van der Waals surface area contributed by atoms with Gasteiger partial charge in [0, 0.05) is 31.1 Å². The van der Waals surface area contributed by atoms with Gasteiger partial charge < -0.3 is 18.9 Å². The number of hydrogen-bond donors (Lipinski definition) is 0. The van der Waals surface area contributed by atoms with E-state index >= 15 is 0 Å². The van der Waals surface area contributed by atoms with Crippen molar-refractivity contribution < 1.29 is 18.7 Å². The van der Waals surface area contributed by atoms with Crippen LogP contribution in [-0.2, 0) is 11.3 Å². The first kappa shape index (κ1) is 22.9. The van der Waals surface area contributed by atoms with Gasteiger partial charge in [-0.05, 0) is 61.4 Å². The topological polar surface area (TPSA) is 56.6 Å². The fourth-order valence-corrected chi connectivity index (χ4v) is 4.68. The molecule has 1 amide bonds. The van der Waals surface area contributed by atoms with Gasteiger partial charge in [0.15, 0.2) is 11.5 Å². The number of ether oxygens (including phenoxy) is 2. The van der Waals surface area contributed by atoms with Crippen LogP contribution in [0.3, 0.4) is 0 Å². The Bertz CT molecular complexity index is 1320. The summed E-state index contributed by atoms with van der Waals surface area (Å²) < 4.78 is 26.9. The van der Waals surface area contributed by atoms with Gasteiger partial charge in [0.2, 0.25) is 5.91 Å². The number of rotatable bonds is 9. The van der Waals surface area contributed by atoms with Crippen molar-refractivity contribution in [3.05, 3.63) is 84.4 Å². The van der Waals surface area contributed by atoms with Gasteiger partial charge in [0.25, 0.3) is 0 Å². The van der Waals surface area contributed by atoms with Crippen LogP contribution < -0.4 is 14.4 Å². The van der Waals surface area contributed by atoms with Gasteiger partial charge >= 0.3 is 0 Å². The largest absolute Gasteiger partial charge is 0.493 e.